The van der Waals surface area contributed by atoms with E-state index >= 15 is 0 Å². The molecule has 108 valence electrons. The summed E-state index contributed by atoms with van der Waals surface area (Å²) in [5.41, 5.74) is 1.76. The lowest BCUT2D eigenvalue weighted by Gasteiger charge is -2.24. The van der Waals surface area contributed by atoms with Crippen molar-refractivity contribution in [3.63, 3.8) is 0 Å². The van der Waals surface area contributed by atoms with Gasteiger partial charge in [-0.05, 0) is 11.6 Å². The van der Waals surface area contributed by atoms with Gasteiger partial charge in [-0.15, -0.1) is 0 Å². The molecule has 1 aromatic heterocycles. The molecule has 4 heteroatoms. The van der Waals surface area contributed by atoms with Crippen LogP contribution >= 0.6 is 0 Å². The molecule has 0 aromatic carbocycles. The molecule has 0 radical (unpaired) electrons. The maximum Gasteiger partial charge on any atom is 0.0931 e. The molecule has 0 spiro atoms. The Balaban J connectivity index is 2.69. The summed E-state index contributed by atoms with van der Waals surface area (Å²) in [4.78, 5) is 5.96. The van der Waals surface area contributed by atoms with Crippen LogP contribution in [0.25, 0.3) is 0 Å². The molecule has 1 heterocycles. The quantitative estimate of drug-likeness (QED) is 0.673. The molecule has 0 fully saturated rings. The van der Waals surface area contributed by atoms with Gasteiger partial charge < -0.3 is 10.2 Å². The lowest BCUT2D eigenvalue weighted by molar-refractivity contribution is 0.105. The summed E-state index contributed by atoms with van der Waals surface area (Å²) in [6.45, 7) is 8.97. The highest BCUT2D eigenvalue weighted by atomic mass is 16.3. The minimum absolute atomic E-state index is 0.0400. The minimum Gasteiger partial charge on any atom is -0.395 e. The summed E-state index contributed by atoms with van der Waals surface area (Å²) in [6.07, 6.45) is 8.01. The molecule has 4 nitrogen and oxygen atoms in total. The van der Waals surface area contributed by atoms with Crippen LogP contribution in [-0.2, 0) is 0 Å². The van der Waals surface area contributed by atoms with E-state index in [0.717, 1.165) is 11.1 Å². The average Bonchev–Trinajstić information content (AvgIpc) is 2.47. The second-order valence-electron chi connectivity index (χ2n) is 4.44. The lowest BCUT2D eigenvalue weighted by atomic mass is 10.1. The number of pyridine rings is 1. The highest BCUT2D eigenvalue weighted by molar-refractivity contribution is 5.22. The van der Waals surface area contributed by atoms with Crippen LogP contribution in [0.1, 0.15) is 11.7 Å². The molecule has 0 aliphatic rings. The van der Waals surface area contributed by atoms with Crippen molar-refractivity contribution < 1.29 is 10.2 Å². The van der Waals surface area contributed by atoms with Gasteiger partial charge in [0.1, 0.15) is 0 Å². The van der Waals surface area contributed by atoms with Gasteiger partial charge in [0.2, 0.25) is 0 Å². The molecule has 0 amide bonds. The molecule has 0 aliphatic heterocycles. The van der Waals surface area contributed by atoms with E-state index in [0.29, 0.717) is 19.6 Å². The summed E-state index contributed by atoms with van der Waals surface area (Å²) < 4.78 is 0. The fourth-order valence-corrected chi connectivity index (χ4v) is 1.89. The van der Waals surface area contributed by atoms with Crippen molar-refractivity contribution in [2.24, 2.45) is 0 Å². The third kappa shape index (κ3) is 5.48. The van der Waals surface area contributed by atoms with Gasteiger partial charge in [0, 0.05) is 37.6 Å². The monoisotopic (exact) mass is 274 g/mol. The smallest absolute Gasteiger partial charge is 0.0931 e. The Kier molecular flexibility index (Phi) is 7.50. The van der Waals surface area contributed by atoms with Crippen molar-refractivity contribution in [3.05, 3.63) is 67.0 Å². The third-order valence-electron chi connectivity index (χ3n) is 2.92. The molecule has 1 atom stereocenters. The fourth-order valence-electron chi connectivity index (χ4n) is 1.89. The van der Waals surface area contributed by atoms with E-state index in [2.05, 4.69) is 18.1 Å². The van der Waals surface area contributed by atoms with Crippen LogP contribution in [0, 0.1) is 0 Å². The molecule has 2 N–H and O–H groups in total. The molecule has 0 saturated carbocycles. The van der Waals surface area contributed by atoms with E-state index in [-0.39, 0.29) is 6.61 Å². The number of allylic oxidation sites excluding steroid dienone is 2. The van der Waals surface area contributed by atoms with Crippen LogP contribution in [-0.4, -0.2) is 46.3 Å². The summed E-state index contributed by atoms with van der Waals surface area (Å²) in [7, 11) is 0. The van der Waals surface area contributed by atoms with E-state index in [1.54, 1.807) is 30.6 Å². The van der Waals surface area contributed by atoms with Crippen LogP contribution in [0.4, 0.5) is 0 Å². The summed E-state index contributed by atoms with van der Waals surface area (Å²) in [6, 6.07) is 3.63. The number of aliphatic hydroxyl groups excluding tert-OH is 2. The number of hydrogen-bond donors (Lipinski definition) is 2. The van der Waals surface area contributed by atoms with Gasteiger partial charge in [-0.3, -0.25) is 9.88 Å². The van der Waals surface area contributed by atoms with Crippen LogP contribution in [0.15, 0.2) is 61.5 Å². The first-order valence-corrected chi connectivity index (χ1v) is 6.56. The number of aromatic nitrogens is 1. The second kappa shape index (κ2) is 9.20. The Morgan fingerprint density at radius 3 is 2.80 bits per heavy atom. The van der Waals surface area contributed by atoms with Crippen molar-refractivity contribution in [3.8, 4) is 0 Å². The SMILES string of the molecule is C=C/C=C(\C=C)CN(CCO)CC(O)c1cccnc1. The van der Waals surface area contributed by atoms with Crippen LogP contribution in [0.2, 0.25) is 0 Å². The van der Waals surface area contributed by atoms with Gasteiger partial charge >= 0.3 is 0 Å². The first-order valence-electron chi connectivity index (χ1n) is 6.56. The van der Waals surface area contributed by atoms with Crippen LogP contribution in [0.5, 0.6) is 0 Å². The third-order valence-corrected chi connectivity index (χ3v) is 2.92. The second-order valence-corrected chi connectivity index (χ2v) is 4.44. The molecule has 1 unspecified atom stereocenters. The Bertz CT molecular complexity index is 443. The Labute approximate surface area is 120 Å². The molecular weight excluding hydrogens is 252 g/mol. The highest BCUT2D eigenvalue weighted by Gasteiger charge is 2.14. The van der Waals surface area contributed by atoms with E-state index < -0.39 is 6.10 Å². The van der Waals surface area contributed by atoms with Gasteiger partial charge in [-0.25, -0.2) is 0 Å². The Morgan fingerprint density at radius 1 is 1.45 bits per heavy atom. The van der Waals surface area contributed by atoms with Crippen molar-refractivity contribution in [1.29, 1.82) is 0 Å². The fraction of sp³-hybridized carbons (Fsp3) is 0.312. The van der Waals surface area contributed by atoms with Crippen molar-refractivity contribution in [1.82, 2.24) is 9.88 Å². The summed E-state index contributed by atoms with van der Waals surface area (Å²) >= 11 is 0. The first-order chi connectivity index (χ1) is 9.71. The van der Waals surface area contributed by atoms with Crippen LogP contribution in [0.3, 0.4) is 0 Å². The molecule has 0 aliphatic carbocycles. The Morgan fingerprint density at radius 2 is 2.25 bits per heavy atom. The number of aliphatic hydroxyl groups is 2. The molecule has 1 aromatic rings. The topological polar surface area (TPSA) is 56.6 Å². The normalized spacial score (nSPS) is 13.2. The molecule has 0 bridgehead atoms. The average molecular weight is 274 g/mol. The van der Waals surface area contributed by atoms with Gasteiger partial charge in [0.05, 0.1) is 12.7 Å². The van der Waals surface area contributed by atoms with E-state index in [9.17, 15) is 5.11 Å². The molecule has 1 rings (SSSR count). The molecular formula is C16H22N2O2. The maximum atomic E-state index is 10.2. The molecule has 20 heavy (non-hydrogen) atoms. The van der Waals surface area contributed by atoms with Crippen LogP contribution < -0.4 is 0 Å². The maximum absolute atomic E-state index is 10.2. The van der Waals surface area contributed by atoms with Crippen molar-refractivity contribution in [2.45, 2.75) is 6.10 Å². The molecule has 0 saturated heterocycles. The van der Waals surface area contributed by atoms with Gasteiger partial charge in [-0.1, -0.05) is 37.5 Å². The summed E-state index contributed by atoms with van der Waals surface area (Å²) in [5.74, 6) is 0. The number of rotatable bonds is 9. The standard InChI is InChI=1S/C16H22N2O2/c1-3-6-14(4-2)12-18(9-10-19)13-16(20)15-7-5-8-17-11-15/h3-8,11,16,19-20H,1-2,9-10,12-13H2/b14-6+. The van der Waals surface area contributed by atoms with Gasteiger partial charge in [0.15, 0.2) is 0 Å². The predicted octanol–water partition coefficient (Wildman–Crippen LogP) is 1.71. The van der Waals surface area contributed by atoms with E-state index in [1.165, 1.54) is 0 Å². The van der Waals surface area contributed by atoms with Gasteiger partial charge in [0.25, 0.3) is 0 Å². The number of nitrogens with zero attached hydrogens (tertiary/aromatic N) is 2. The minimum atomic E-state index is -0.634. The number of hydrogen-bond acceptors (Lipinski definition) is 4. The Hall–Kier alpha value is -1.75. The largest absolute Gasteiger partial charge is 0.395 e. The predicted molar refractivity (Wildman–Crippen MR) is 81.2 cm³/mol. The van der Waals surface area contributed by atoms with Crippen molar-refractivity contribution >= 4 is 0 Å². The highest BCUT2D eigenvalue weighted by Crippen LogP contribution is 2.13. The van der Waals surface area contributed by atoms with E-state index in [1.807, 2.05) is 17.0 Å². The van der Waals surface area contributed by atoms with Gasteiger partial charge in [-0.2, -0.15) is 0 Å². The zero-order chi connectivity index (χ0) is 14.8. The van der Waals surface area contributed by atoms with Crippen molar-refractivity contribution in [2.75, 3.05) is 26.2 Å². The lowest BCUT2D eigenvalue weighted by Crippen LogP contribution is -2.33. The zero-order valence-electron chi connectivity index (χ0n) is 11.7. The summed E-state index contributed by atoms with van der Waals surface area (Å²) in [5, 5.41) is 19.3. The van der Waals surface area contributed by atoms with E-state index in [4.69, 9.17) is 5.11 Å². The first kappa shape index (κ1) is 16.3. The zero-order valence-corrected chi connectivity index (χ0v) is 11.7.